The Hall–Kier alpha value is -0.860. The zero-order chi connectivity index (χ0) is 10.1. The van der Waals surface area contributed by atoms with Gasteiger partial charge in [-0.1, -0.05) is 24.6 Å². The summed E-state index contributed by atoms with van der Waals surface area (Å²) in [6.45, 7) is 1.87. The van der Waals surface area contributed by atoms with Gasteiger partial charge in [0.2, 0.25) is 0 Å². The summed E-state index contributed by atoms with van der Waals surface area (Å²) in [7, 11) is 0. The summed E-state index contributed by atoms with van der Waals surface area (Å²) < 4.78 is 1.08. The number of carbonyl (C=O) groups excluding carboxylic acids is 1. The molecule has 1 aromatic carbocycles. The van der Waals surface area contributed by atoms with Crippen molar-refractivity contribution in [1.29, 1.82) is 0 Å². The highest BCUT2D eigenvalue weighted by molar-refractivity contribution is 7.20. The van der Waals surface area contributed by atoms with Gasteiger partial charge in [-0.05, 0) is 18.2 Å². The van der Waals surface area contributed by atoms with E-state index in [2.05, 4.69) is 0 Å². The number of ketones is 1. The van der Waals surface area contributed by atoms with Gasteiger partial charge in [0.1, 0.15) is 0 Å². The number of fused-ring (bicyclic) bond motifs is 1. The molecule has 0 aliphatic heterocycles. The Morgan fingerprint density at radius 1 is 1.50 bits per heavy atom. The Balaban J connectivity index is 2.62. The smallest absolute Gasteiger partial charge is 0.172 e. The maximum absolute atomic E-state index is 11.5. The highest BCUT2D eigenvalue weighted by atomic mass is 35.5. The van der Waals surface area contributed by atoms with Crippen LogP contribution in [-0.4, -0.2) is 5.78 Å². The van der Waals surface area contributed by atoms with E-state index in [1.165, 1.54) is 11.3 Å². The molecular formula is C11H9ClOS. The van der Waals surface area contributed by atoms with E-state index in [0.29, 0.717) is 11.4 Å². The van der Waals surface area contributed by atoms with Gasteiger partial charge in [-0.25, -0.2) is 0 Å². The van der Waals surface area contributed by atoms with E-state index in [4.69, 9.17) is 11.6 Å². The molecule has 72 valence electrons. The van der Waals surface area contributed by atoms with Crippen molar-refractivity contribution in [3.63, 3.8) is 0 Å². The van der Waals surface area contributed by atoms with Gasteiger partial charge < -0.3 is 0 Å². The number of carbonyl (C=O) groups is 1. The Morgan fingerprint density at radius 3 is 2.93 bits per heavy atom. The van der Waals surface area contributed by atoms with Crippen molar-refractivity contribution < 1.29 is 4.79 Å². The zero-order valence-corrected chi connectivity index (χ0v) is 9.28. The molecule has 0 aliphatic carbocycles. The van der Waals surface area contributed by atoms with Crippen LogP contribution in [0.1, 0.15) is 23.0 Å². The summed E-state index contributed by atoms with van der Waals surface area (Å²) in [5, 5.41) is 1.70. The molecule has 0 amide bonds. The predicted octanol–water partition coefficient (Wildman–Crippen LogP) is 4.15. The van der Waals surface area contributed by atoms with Crippen molar-refractivity contribution in [2.75, 3.05) is 0 Å². The second-order valence-corrected chi connectivity index (χ2v) is 4.53. The van der Waals surface area contributed by atoms with Crippen LogP contribution >= 0.6 is 22.9 Å². The molecule has 0 N–H and O–H groups in total. The molecule has 2 rings (SSSR count). The molecule has 1 heterocycles. The fourth-order valence-corrected chi connectivity index (χ4v) is 2.72. The van der Waals surface area contributed by atoms with E-state index < -0.39 is 0 Å². The third-order valence-corrected chi connectivity index (χ3v) is 3.58. The van der Waals surface area contributed by atoms with E-state index in [1.807, 2.05) is 31.2 Å². The average Bonchev–Trinajstić information content (AvgIpc) is 2.62. The minimum absolute atomic E-state index is 0.183. The standard InChI is InChI=1S/C11H9ClOS/c1-2-9(13)11-6-7-8(12)4-3-5-10(7)14-11/h3-6H,2H2,1H3. The van der Waals surface area contributed by atoms with Gasteiger partial charge in [0.25, 0.3) is 0 Å². The number of Topliss-reactive ketones (excluding diaryl/α,β-unsaturated/α-hetero) is 1. The van der Waals surface area contributed by atoms with E-state index in [0.717, 1.165) is 15.0 Å². The normalized spacial score (nSPS) is 10.7. The molecule has 1 nitrogen and oxygen atoms in total. The summed E-state index contributed by atoms with van der Waals surface area (Å²) in [5.74, 6) is 0.183. The molecule has 0 radical (unpaired) electrons. The van der Waals surface area contributed by atoms with Gasteiger partial charge in [0, 0.05) is 21.5 Å². The first-order chi connectivity index (χ1) is 6.72. The number of hydrogen-bond donors (Lipinski definition) is 0. The number of thiophene rings is 1. The molecule has 0 aliphatic rings. The lowest BCUT2D eigenvalue weighted by atomic mass is 10.2. The highest BCUT2D eigenvalue weighted by Gasteiger charge is 2.09. The van der Waals surface area contributed by atoms with Crippen LogP contribution in [0.25, 0.3) is 10.1 Å². The van der Waals surface area contributed by atoms with Gasteiger partial charge in [0.15, 0.2) is 5.78 Å². The summed E-state index contributed by atoms with van der Waals surface area (Å²) in [4.78, 5) is 12.3. The summed E-state index contributed by atoms with van der Waals surface area (Å²) in [6, 6.07) is 7.62. The van der Waals surface area contributed by atoms with E-state index in [-0.39, 0.29) is 5.78 Å². The molecule has 0 bridgehead atoms. The fraction of sp³-hybridized carbons (Fsp3) is 0.182. The quantitative estimate of drug-likeness (QED) is 0.701. The lowest BCUT2D eigenvalue weighted by molar-refractivity contribution is 0.0992. The Bertz CT molecular complexity index is 487. The van der Waals surface area contributed by atoms with Crippen molar-refractivity contribution >= 4 is 38.8 Å². The largest absolute Gasteiger partial charge is 0.293 e. The minimum atomic E-state index is 0.183. The molecule has 2 aromatic rings. The van der Waals surface area contributed by atoms with Crippen LogP contribution in [0.2, 0.25) is 5.02 Å². The second kappa shape index (κ2) is 3.71. The van der Waals surface area contributed by atoms with Crippen molar-refractivity contribution in [3.8, 4) is 0 Å². The number of benzene rings is 1. The van der Waals surface area contributed by atoms with Crippen LogP contribution in [0.4, 0.5) is 0 Å². The first kappa shape index (κ1) is 9.69. The lowest BCUT2D eigenvalue weighted by Crippen LogP contribution is -1.90. The van der Waals surface area contributed by atoms with Gasteiger partial charge in [0.05, 0.1) is 4.88 Å². The van der Waals surface area contributed by atoms with Crippen LogP contribution in [0.3, 0.4) is 0 Å². The molecule has 0 saturated heterocycles. The van der Waals surface area contributed by atoms with Crippen LogP contribution in [0, 0.1) is 0 Å². The van der Waals surface area contributed by atoms with Crippen LogP contribution < -0.4 is 0 Å². The first-order valence-corrected chi connectivity index (χ1v) is 5.63. The number of halogens is 1. The van der Waals surface area contributed by atoms with E-state index >= 15 is 0 Å². The molecule has 0 atom stereocenters. The van der Waals surface area contributed by atoms with Crippen molar-refractivity contribution in [3.05, 3.63) is 34.2 Å². The summed E-state index contributed by atoms with van der Waals surface area (Å²) in [5.41, 5.74) is 0. The van der Waals surface area contributed by atoms with Crippen LogP contribution in [-0.2, 0) is 0 Å². The SMILES string of the molecule is CCC(=O)c1cc2c(Cl)cccc2s1. The maximum Gasteiger partial charge on any atom is 0.172 e. The topological polar surface area (TPSA) is 17.1 Å². The molecule has 0 spiro atoms. The fourth-order valence-electron chi connectivity index (χ4n) is 1.34. The van der Waals surface area contributed by atoms with Crippen molar-refractivity contribution in [2.24, 2.45) is 0 Å². The summed E-state index contributed by atoms with van der Waals surface area (Å²) >= 11 is 7.52. The van der Waals surface area contributed by atoms with Crippen molar-refractivity contribution in [2.45, 2.75) is 13.3 Å². The molecular weight excluding hydrogens is 216 g/mol. The molecule has 3 heteroatoms. The molecule has 1 aromatic heterocycles. The summed E-state index contributed by atoms with van der Waals surface area (Å²) in [6.07, 6.45) is 0.546. The Labute approximate surface area is 91.3 Å². The Kier molecular flexibility index (Phi) is 2.57. The third kappa shape index (κ3) is 1.56. The number of hydrogen-bond acceptors (Lipinski definition) is 2. The second-order valence-electron chi connectivity index (χ2n) is 3.04. The van der Waals surface area contributed by atoms with Crippen LogP contribution in [0.15, 0.2) is 24.3 Å². The molecule has 14 heavy (non-hydrogen) atoms. The third-order valence-electron chi connectivity index (χ3n) is 2.10. The average molecular weight is 225 g/mol. The molecule has 0 fully saturated rings. The van der Waals surface area contributed by atoms with E-state index in [1.54, 1.807) is 0 Å². The maximum atomic E-state index is 11.5. The highest BCUT2D eigenvalue weighted by Crippen LogP contribution is 2.31. The number of rotatable bonds is 2. The van der Waals surface area contributed by atoms with Gasteiger partial charge in [-0.15, -0.1) is 11.3 Å². The molecule has 0 saturated carbocycles. The van der Waals surface area contributed by atoms with Gasteiger partial charge in [-0.2, -0.15) is 0 Å². The van der Waals surface area contributed by atoms with E-state index in [9.17, 15) is 4.79 Å². The zero-order valence-electron chi connectivity index (χ0n) is 7.71. The van der Waals surface area contributed by atoms with Crippen LogP contribution in [0.5, 0.6) is 0 Å². The Morgan fingerprint density at radius 2 is 2.29 bits per heavy atom. The predicted molar refractivity (Wildman–Crippen MR) is 61.5 cm³/mol. The van der Waals surface area contributed by atoms with Gasteiger partial charge in [-0.3, -0.25) is 4.79 Å². The minimum Gasteiger partial charge on any atom is -0.293 e. The van der Waals surface area contributed by atoms with Gasteiger partial charge >= 0.3 is 0 Å². The monoisotopic (exact) mass is 224 g/mol. The molecule has 0 unspecified atom stereocenters. The van der Waals surface area contributed by atoms with Crippen molar-refractivity contribution in [1.82, 2.24) is 0 Å². The lowest BCUT2D eigenvalue weighted by Gasteiger charge is -1.89. The first-order valence-electron chi connectivity index (χ1n) is 4.43.